The van der Waals surface area contributed by atoms with Crippen molar-refractivity contribution in [3.8, 4) is 0 Å². The maximum Gasteiger partial charge on any atom is 0.338 e. The third-order valence-corrected chi connectivity index (χ3v) is 6.61. The van der Waals surface area contributed by atoms with E-state index in [4.69, 9.17) is 40.8 Å². The van der Waals surface area contributed by atoms with E-state index < -0.39 is 39.9 Å². The van der Waals surface area contributed by atoms with Gasteiger partial charge in [0.05, 0.1) is 37.7 Å². The fraction of sp³-hybridized carbons (Fsp3) is 0.833. The second-order valence-corrected chi connectivity index (χ2v) is 11.2. The second-order valence-electron chi connectivity index (χ2n) is 7.93. The average Bonchev–Trinajstić information content (AvgIpc) is 2.75. The van der Waals surface area contributed by atoms with E-state index in [1.54, 1.807) is 12.3 Å². The number of hydrogen-bond acceptors (Lipinski definition) is 8. The molecule has 0 spiro atoms. The Labute approximate surface area is 201 Å². The van der Waals surface area contributed by atoms with Crippen LogP contribution in [0.4, 0.5) is 4.79 Å². The summed E-state index contributed by atoms with van der Waals surface area (Å²) < 4.78 is 46.3. The monoisotopic (exact) mass is 529 g/mol. The van der Waals surface area contributed by atoms with Crippen molar-refractivity contribution in [1.82, 2.24) is 15.3 Å². The van der Waals surface area contributed by atoms with E-state index in [1.807, 2.05) is 27.7 Å². The highest BCUT2D eigenvalue weighted by Gasteiger charge is 2.29. The molecular weight excluding hydrogens is 488 g/mol. The molecule has 0 aromatic carbocycles. The van der Waals surface area contributed by atoms with Gasteiger partial charge in [0.25, 0.3) is 0 Å². The third-order valence-electron chi connectivity index (χ3n) is 4.90. The zero-order valence-electron chi connectivity index (χ0n) is 20.3. The Kier molecular flexibility index (Phi) is 13.4. The second kappa shape index (κ2) is 14.6. The fourth-order valence-electron chi connectivity index (χ4n) is 2.82. The highest BCUT2D eigenvalue weighted by Crippen LogP contribution is 2.33. The molecular formula is C18H41N7O7P2. The summed E-state index contributed by atoms with van der Waals surface area (Å²) in [6, 6.07) is -0.377. The molecule has 34 heavy (non-hydrogen) atoms. The molecule has 16 heteroatoms. The summed E-state index contributed by atoms with van der Waals surface area (Å²) in [4.78, 5) is 13.6. The van der Waals surface area contributed by atoms with E-state index >= 15 is 0 Å². The van der Waals surface area contributed by atoms with Crippen LogP contribution in [0, 0.1) is 0 Å². The Morgan fingerprint density at radius 2 is 1.71 bits per heavy atom. The van der Waals surface area contributed by atoms with Gasteiger partial charge in [-0.3, -0.25) is 14.0 Å². The maximum absolute atomic E-state index is 12.7. The van der Waals surface area contributed by atoms with Crippen molar-refractivity contribution in [2.45, 2.75) is 77.7 Å². The van der Waals surface area contributed by atoms with Gasteiger partial charge in [0.2, 0.25) is 0 Å². The molecule has 1 heterocycles. The highest BCUT2D eigenvalue weighted by atomic mass is 31.2. The smallest absolute Gasteiger partial charge is 0.338 e. The molecule has 0 aliphatic carbocycles. The summed E-state index contributed by atoms with van der Waals surface area (Å²) >= 11 is 0. The number of nitrogens with zero attached hydrogens (tertiary/aromatic N) is 1. The SMILES string of the molecule is CCC(C)OC(CNP(N)(=O)OCC(CC)OC(CC)N1C=CC(N)NC1=O)COP(N)(N)=O. The van der Waals surface area contributed by atoms with Gasteiger partial charge in [-0.2, -0.15) is 0 Å². The highest BCUT2D eigenvalue weighted by molar-refractivity contribution is 7.54. The average molecular weight is 530 g/mol. The predicted molar refractivity (Wildman–Crippen MR) is 129 cm³/mol. The minimum Gasteiger partial charge on any atom is -0.372 e. The van der Waals surface area contributed by atoms with Crippen LogP contribution in [0.5, 0.6) is 0 Å². The zero-order chi connectivity index (χ0) is 25.9. The molecule has 1 rings (SSSR count). The first-order valence-corrected chi connectivity index (χ1v) is 14.7. The van der Waals surface area contributed by atoms with Gasteiger partial charge in [-0.1, -0.05) is 20.8 Å². The summed E-state index contributed by atoms with van der Waals surface area (Å²) in [7, 11) is -7.46. The number of carbonyl (C=O) groups excluding carboxylic acids is 1. The topological polar surface area (TPSA) is 220 Å². The lowest BCUT2D eigenvalue weighted by Gasteiger charge is -2.34. The van der Waals surface area contributed by atoms with Crippen molar-refractivity contribution in [1.29, 1.82) is 0 Å². The van der Waals surface area contributed by atoms with Crippen LogP contribution in [0.1, 0.15) is 47.0 Å². The first-order valence-electron chi connectivity index (χ1n) is 11.2. The van der Waals surface area contributed by atoms with E-state index in [0.717, 1.165) is 0 Å². The number of ether oxygens (including phenoxy) is 2. The molecule has 0 bridgehead atoms. The van der Waals surface area contributed by atoms with Crippen molar-refractivity contribution in [2.24, 2.45) is 22.2 Å². The van der Waals surface area contributed by atoms with Crippen LogP contribution in [-0.2, 0) is 27.7 Å². The Hall–Kier alpha value is -0.890. The predicted octanol–water partition coefficient (Wildman–Crippen LogP) is 1.24. The van der Waals surface area contributed by atoms with Crippen molar-refractivity contribution in [2.75, 3.05) is 19.8 Å². The van der Waals surface area contributed by atoms with Gasteiger partial charge < -0.3 is 29.6 Å². The van der Waals surface area contributed by atoms with Gasteiger partial charge in [-0.15, -0.1) is 0 Å². The lowest BCUT2D eigenvalue weighted by Crippen LogP contribution is -2.53. The van der Waals surface area contributed by atoms with Gasteiger partial charge in [0.15, 0.2) is 0 Å². The standard InChI is InChI=1S/C18H41N7O7P2/c1-5-13(4)31-15(12-29-33(20,21)27)10-23-34(22,28)30-11-14(6-2)32-17(7-3)25-9-8-16(19)24-18(25)26/h8-9,13-17H,5-7,10-12,19H2,1-4H3,(H,24,26)(H4,20,21,27)(H3,22,23,28). The molecule has 0 saturated heterocycles. The quantitative estimate of drug-likeness (QED) is 0.147. The van der Waals surface area contributed by atoms with Crippen LogP contribution in [-0.4, -0.2) is 61.4 Å². The van der Waals surface area contributed by atoms with Crippen LogP contribution in [0.2, 0.25) is 0 Å². The van der Waals surface area contributed by atoms with Gasteiger partial charge in [0, 0.05) is 12.7 Å². The zero-order valence-corrected chi connectivity index (χ0v) is 22.1. The number of hydrogen-bond donors (Lipinski definition) is 6. The Morgan fingerprint density at radius 3 is 2.24 bits per heavy atom. The number of carbonyl (C=O) groups is 1. The Morgan fingerprint density at radius 1 is 1.06 bits per heavy atom. The summed E-state index contributed by atoms with van der Waals surface area (Å²) in [6.07, 6.45) is 2.50. The van der Waals surface area contributed by atoms with Crippen LogP contribution >= 0.6 is 15.3 Å². The normalized spacial score (nSPS) is 22.1. The van der Waals surface area contributed by atoms with Crippen LogP contribution in [0.15, 0.2) is 12.3 Å². The molecule has 1 aliphatic heterocycles. The molecule has 0 fully saturated rings. The van der Waals surface area contributed by atoms with E-state index in [9.17, 15) is 13.9 Å². The van der Waals surface area contributed by atoms with Gasteiger partial charge in [-0.05, 0) is 32.3 Å². The lowest BCUT2D eigenvalue weighted by molar-refractivity contribution is -0.0846. The molecule has 6 atom stereocenters. The molecule has 2 amide bonds. The minimum atomic E-state index is -3.75. The van der Waals surface area contributed by atoms with Gasteiger partial charge in [-0.25, -0.2) is 26.4 Å². The number of rotatable bonds is 17. The van der Waals surface area contributed by atoms with Gasteiger partial charge in [0.1, 0.15) is 6.23 Å². The van der Waals surface area contributed by atoms with Crippen molar-refractivity contribution in [3.05, 3.63) is 12.3 Å². The van der Waals surface area contributed by atoms with Crippen LogP contribution < -0.4 is 32.7 Å². The first-order chi connectivity index (χ1) is 15.8. The summed E-state index contributed by atoms with van der Waals surface area (Å²) in [5.74, 6) is 0. The minimum absolute atomic E-state index is 0.0215. The van der Waals surface area contributed by atoms with E-state index in [1.165, 1.54) is 4.90 Å². The molecule has 14 nitrogen and oxygen atoms in total. The Balaban J connectivity index is 2.65. The summed E-state index contributed by atoms with van der Waals surface area (Å²) in [5.41, 5.74) is 21.9. The van der Waals surface area contributed by atoms with Crippen molar-refractivity contribution >= 4 is 21.4 Å². The van der Waals surface area contributed by atoms with Gasteiger partial charge >= 0.3 is 21.4 Å². The largest absolute Gasteiger partial charge is 0.372 e. The summed E-state index contributed by atoms with van der Waals surface area (Å²) in [6.45, 7) is 7.21. The Bertz CT molecular complexity index is 754. The van der Waals surface area contributed by atoms with E-state index in [0.29, 0.717) is 19.3 Å². The molecule has 0 aromatic rings. The van der Waals surface area contributed by atoms with E-state index in [-0.39, 0.29) is 31.9 Å². The molecule has 10 N–H and O–H groups in total. The van der Waals surface area contributed by atoms with Crippen molar-refractivity contribution < 1.29 is 32.4 Å². The third kappa shape index (κ3) is 12.2. The number of nitrogens with one attached hydrogen (secondary N) is 2. The molecule has 6 unspecified atom stereocenters. The molecule has 0 radical (unpaired) electrons. The maximum atomic E-state index is 12.7. The first kappa shape index (κ1) is 31.1. The van der Waals surface area contributed by atoms with Crippen LogP contribution in [0.25, 0.3) is 0 Å². The molecule has 0 aromatic heterocycles. The van der Waals surface area contributed by atoms with Crippen LogP contribution in [0.3, 0.4) is 0 Å². The molecule has 200 valence electrons. The van der Waals surface area contributed by atoms with E-state index in [2.05, 4.69) is 10.4 Å². The molecule has 1 aliphatic rings. The lowest BCUT2D eigenvalue weighted by atomic mass is 10.2. The fourth-order valence-corrected chi connectivity index (χ4v) is 4.15. The number of amides is 2. The molecule has 0 saturated carbocycles. The summed E-state index contributed by atoms with van der Waals surface area (Å²) in [5, 5.41) is 5.22. The number of urea groups is 1. The number of nitrogens with two attached hydrogens (primary N) is 4. The van der Waals surface area contributed by atoms with Crippen molar-refractivity contribution in [3.63, 3.8) is 0 Å².